The van der Waals surface area contributed by atoms with Gasteiger partial charge in [-0.1, -0.05) is 43.7 Å². The second kappa shape index (κ2) is 8.05. The third kappa shape index (κ3) is 4.64. The summed E-state index contributed by atoms with van der Waals surface area (Å²) in [5, 5.41) is 3.07. The fraction of sp³-hybridized carbons (Fsp3) is 0.588. The van der Waals surface area contributed by atoms with Crippen molar-refractivity contribution in [2.45, 2.75) is 45.1 Å². The molecule has 0 aliphatic carbocycles. The van der Waals surface area contributed by atoms with Gasteiger partial charge in [0.2, 0.25) is 5.91 Å². The van der Waals surface area contributed by atoms with E-state index in [1.54, 1.807) is 0 Å². The molecule has 3 heteroatoms. The number of benzene rings is 1. The predicted octanol–water partition coefficient (Wildman–Crippen LogP) is 2.61. The minimum atomic E-state index is 0.153. The number of carbonyl (C=O) groups excluding carboxylic acids is 1. The molecule has 1 heterocycles. The maximum absolute atomic E-state index is 11.5. The van der Waals surface area contributed by atoms with Crippen molar-refractivity contribution >= 4 is 5.91 Å². The van der Waals surface area contributed by atoms with E-state index in [4.69, 9.17) is 0 Å². The highest BCUT2D eigenvalue weighted by Crippen LogP contribution is 2.15. The van der Waals surface area contributed by atoms with Crippen LogP contribution in [-0.2, 0) is 11.2 Å². The first-order valence-electron chi connectivity index (χ1n) is 7.84. The number of nitrogens with one attached hydrogen (secondary N) is 1. The van der Waals surface area contributed by atoms with E-state index in [9.17, 15) is 4.79 Å². The summed E-state index contributed by atoms with van der Waals surface area (Å²) < 4.78 is 0. The lowest BCUT2D eigenvalue weighted by atomic mass is 10.0. The van der Waals surface area contributed by atoms with Gasteiger partial charge in [-0.15, -0.1) is 0 Å². The molecule has 3 nitrogen and oxygen atoms in total. The fourth-order valence-electron chi connectivity index (χ4n) is 2.86. The second-order valence-corrected chi connectivity index (χ2v) is 5.60. The summed E-state index contributed by atoms with van der Waals surface area (Å²) in [4.78, 5) is 14.1. The maximum Gasteiger partial charge on any atom is 0.219 e. The Labute approximate surface area is 122 Å². The third-order valence-corrected chi connectivity index (χ3v) is 4.08. The average molecular weight is 274 g/mol. The molecule has 1 aliphatic heterocycles. The van der Waals surface area contributed by atoms with Crippen molar-refractivity contribution in [1.29, 1.82) is 0 Å². The first kappa shape index (κ1) is 15.0. The number of piperidine rings is 1. The van der Waals surface area contributed by atoms with Crippen molar-refractivity contribution in [3.63, 3.8) is 0 Å². The fourth-order valence-corrected chi connectivity index (χ4v) is 2.86. The summed E-state index contributed by atoms with van der Waals surface area (Å²) in [5.41, 5.74) is 1.36. The number of rotatable bonds is 6. The summed E-state index contributed by atoms with van der Waals surface area (Å²) in [5.74, 6) is 0.153. The quantitative estimate of drug-likeness (QED) is 0.865. The van der Waals surface area contributed by atoms with E-state index >= 15 is 0 Å². The molecule has 0 saturated carbocycles. The zero-order valence-electron chi connectivity index (χ0n) is 12.5. The maximum atomic E-state index is 11.5. The Balaban J connectivity index is 1.96. The van der Waals surface area contributed by atoms with Gasteiger partial charge in [-0.25, -0.2) is 0 Å². The van der Waals surface area contributed by atoms with Gasteiger partial charge in [-0.3, -0.25) is 9.69 Å². The van der Waals surface area contributed by atoms with Crippen LogP contribution >= 0.6 is 0 Å². The highest BCUT2D eigenvalue weighted by molar-refractivity contribution is 5.75. The van der Waals surface area contributed by atoms with Gasteiger partial charge in [0.15, 0.2) is 0 Å². The molecule has 110 valence electrons. The molecule has 1 fully saturated rings. The molecular formula is C17H26N2O. The Morgan fingerprint density at radius 2 is 1.90 bits per heavy atom. The lowest BCUT2D eigenvalue weighted by molar-refractivity contribution is -0.121. The third-order valence-electron chi connectivity index (χ3n) is 4.08. The van der Waals surface area contributed by atoms with Gasteiger partial charge in [-0.05, 0) is 37.9 Å². The van der Waals surface area contributed by atoms with E-state index in [0.29, 0.717) is 12.5 Å². The van der Waals surface area contributed by atoms with Crippen LogP contribution in [0.15, 0.2) is 30.3 Å². The summed E-state index contributed by atoms with van der Waals surface area (Å²) >= 11 is 0. The zero-order chi connectivity index (χ0) is 14.2. The molecule has 0 aromatic heterocycles. The molecule has 1 N–H and O–H groups in total. The molecule has 0 bridgehead atoms. The molecule has 1 atom stereocenters. The summed E-state index contributed by atoms with van der Waals surface area (Å²) in [6, 6.07) is 11.0. The number of hydrogen-bond donors (Lipinski definition) is 1. The predicted molar refractivity (Wildman–Crippen MR) is 82.7 cm³/mol. The van der Waals surface area contributed by atoms with Crippen LogP contribution in [0.4, 0.5) is 0 Å². The smallest absolute Gasteiger partial charge is 0.219 e. The zero-order valence-corrected chi connectivity index (χ0v) is 12.5. The van der Waals surface area contributed by atoms with Gasteiger partial charge in [0.25, 0.3) is 0 Å². The van der Waals surface area contributed by atoms with Crippen LogP contribution in [0, 0.1) is 0 Å². The van der Waals surface area contributed by atoms with E-state index in [2.05, 4.69) is 40.5 Å². The van der Waals surface area contributed by atoms with Crippen LogP contribution in [0.3, 0.4) is 0 Å². The number of hydrogen-bond acceptors (Lipinski definition) is 2. The van der Waals surface area contributed by atoms with E-state index in [-0.39, 0.29) is 5.91 Å². The van der Waals surface area contributed by atoms with Crippen molar-refractivity contribution in [2.24, 2.45) is 0 Å². The number of nitrogens with zero attached hydrogens (tertiary/aromatic N) is 1. The van der Waals surface area contributed by atoms with Crippen molar-refractivity contribution in [2.75, 3.05) is 19.6 Å². The topological polar surface area (TPSA) is 32.3 Å². The Bertz CT molecular complexity index is 399. The molecule has 0 radical (unpaired) electrons. The standard InChI is InChI=1S/C17H26N2O/c1-2-17(20)18-14-16(19-11-7-4-8-12-19)13-15-9-5-3-6-10-15/h3,5-6,9-10,16H,2,4,7-8,11-14H2,1H3,(H,18,20). The van der Waals surface area contributed by atoms with Crippen LogP contribution in [0.1, 0.15) is 38.2 Å². The van der Waals surface area contributed by atoms with Crippen molar-refractivity contribution in [3.8, 4) is 0 Å². The Kier molecular flexibility index (Phi) is 6.06. The summed E-state index contributed by atoms with van der Waals surface area (Å²) in [6.07, 6.45) is 5.50. The Hall–Kier alpha value is -1.35. The van der Waals surface area contributed by atoms with Gasteiger partial charge in [0.05, 0.1) is 0 Å². The Morgan fingerprint density at radius 3 is 2.55 bits per heavy atom. The first-order valence-corrected chi connectivity index (χ1v) is 7.84. The highest BCUT2D eigenvalue weighted by atomic mass is 16.1. The Morgan fingerprint density at radius 1 is 1.20 bits per heavy atom. The second-order valence-electron chi connectivity index (χ2n) is 5.60. The van der Waals surface area contributed by atoms with Gasteiger partial charge in [0.1, 0.15) is 0 Å². The number of amides is 1. The van der Waals surface area contributed by atoms with Crippen LogP contribution < -0.4 is 5.32 Å². The highest BCUT2D eigenvalue weighted by Gasteiger charge is 2.21. The van der Waals surface area contributed by atoms with Gasteiger partial charge in [-0.2, -0.15) is 0 Å². The molecule has 1 saturated heterocycles. The van der Waals surface area contributed by atoms with E-state index < -0.39 is 0 Å². The van der Waals surface area contributed by atoms with Crippen molar-refractivity contribution in [1.82, 2.24) is 10.2 Å². The molecule has 2 rings (SSSR count). The monoisotopic (exact) mass is 274 g/mol. The van der Waals surface area contributed by atoms with Crippen LogP contribution in [0.2, 0.25) is 0 Å². The van der Waals surface area contributed by atoms with E-state index in [0.717, 1.165) is 13.0 Å². The minimum absolute atomic E-state index is 0.153. The molecule has 1 aromatic rings. The average Bonchev–Trinajstić information content (AvgIpc) is 2.53. The number of likely N-dealkylation sites (tertiary alicyclic amines) is 1. The molecule has 0 spiro atoms. The summed E-state index contributed by atoms with van der Waals surface area (Å²) in [6.45, 7) is 5.00. The van der Waals surface area contributed by atoms with Gasteiger partial charge < -0.3 is 5.32 Å². The molecular weight excluding hydrogens is 248 g/mol. The molecule has 1 aliphatic rings. The lowest BCUT2D eigenvalue weighted by Gasteiger charge is -2.35. The van der Waals surface area contributed by atoms with Crippen molar-refractivity contribution < 1.29 is 4.79 Å². The first-order chi connectivity index (χ1) is 9.79. The normalized spacial score (nSPS) is 17.6. The van der Waals surface area contributed by atoms with E-state index in [1.807, 2.05) is 6.92 Å². The van der Waals surface area contributed by atoms with Crippen LogP contribution in [0.25, 0.3) is 0 Å². The van der Waals surface area contributed by atoms with Gasteiger partial charge in [0, 0.05) is 19.0 Å². The molecule has 20 heavy (non-hydrogen) atoms. The van der Waals surface area contributed by atoms with Crippen LogP contribution in [0.5, 0.6) is 0 Å². The molecule has 1 aromatic carbocycles. The van der Waals surface area contributed by atoms with Crippen LogP contribution in [-0.4, -0.2) is 36.5 Å². The SMILES string of the molecule is CCC(=O)NCC(Cc1ccccc1)N1CCCCC1. The number of carbonyl (C=O) groups is 1. The molecule has 1 unspecified atom stereocenters. The van der Waals surface area contributed by atoms with Crippen molar-refractivity contribution in [3.05, 3.63) is 35.9 Å². The lowest BCUT2D eigenvalue weighted by Crippen LogP contribution is -2.47. The summed E-state index contributed by atoms with van der Waals surface area (Å²) in [7, 11) is 0. The minimum Gasteiger partial charge on any atom is -0.355 e. The molecule has 1 amide bonds. The largest absolute Gasteiger partial charge is 0.355 e. The van der Waals surface area contributed by atoms with Gasteiger partial charge >= 0.3 is 0 Å². The van der Waals surface area contributed by atoms with E-state index in [1.165, 1.54) is 37.9 Å².